The minimum absolute atomic E-state index is 0.0483. The maximum atomic E-state index is 14.2. The number of nitrogens with zero attached hydrogens (tertiary/aromatic N) is 2. The number of hydrogen-bond donors (Lipinski definition) is 2. The van der Waals surface area contributed by atoms with Gasteiger partial charge in [0.15, 0.2) is 0 Å². The summed E-state index contributed by atoms with van der Waals surface area (Å²) in [4.78, 5) is 56.9. The largest absolute Gasteiger partial charge is 0.495 e. The number of hydrogen-bond acceptors (Lipinski definition) is 11. The van der Waals surface area contributed by atoms with E-state index in [-0.39, 0.29) is 24.3 Å². The topological polar surface area (TPSA) is 170 Å². The number of allylic oxidation sites excluding steroid dienone is 3. The van der Waals surface area contributed by atoms with E-state index in [2.05, 4.69) is 0 Å². The first kappa shape index (κ1) is 40.7. The van der Waals surface area contributed by atoms with E-state index in [0.717, 1.165) is 11.1 Å². The van der Waals surface area contributed by atoms with Gasteiger partial charge in [-0.3, -0.25) is 14.4 Å². The average molecular weight is 768 g/mol. The number of ether oxygens (including phenoxy) is 5. The molecule has 2 saturated heterocycles. The van der Waals surface area contributed by atoms with Crippen molar-refractivity contribution >= 4 is 46.7 Å². The number of halogens is 1. The summed E-state index contributed by atoms with van der Waals surface area (Å²) in [6, 6.07) is 8.85. The zero-order valence-corrected chi connectivity index (χ0v) is 32.7. The van der Waals surface area contributed by atoms with E-state index in [9.17, 15) is 24.3 Å². The molecule has 3 aliphatic heterocycles. The fraction of sp³-hybridized carbons (Fsp3) is 0.500. The highest BCUT2D eigenvalue weighted by Crippen LogP contribution is 2.50. The van der Waals surface area contributed by atoms with Gasteiger partial charge in [-0.1, -0.05) is 42.3 Å². The molecule has 2 aromatic rings. The maximum Gasteiger partial charge on any atom is 0.328 e. The van der Waals surface area contributed by atoms with Crippen LogP contribution in [0.5, 0.6) is 5.75 Å². The number of benzene rings is 2. The molecule has 3 N–H and O–H groups in total. The summed E-state index contributed by atoms with van der Waals surface area (Å²) in [5.41, 5.74) is 5.93. The number of likely N-dealkylation sites (N-methyl/N-ethyl adjacent to an activating group) is 1. The SMILES string of the molecule is COc1cc2cc(c1Cl)N(C)C(=O)C[C@H](OC(=O)[C@H](C)N(C)C(=O)c1ccc(N)cc1)[C@]1(C)O[C@H]1[C@H](C)[C@@H]1C[C@@](O)(CC(=O)O1)[C@H](OC)/C=C/C=C(\C)C2. The van der Waals surface area contributed by atoms with Crippen LogP contribution in [0, 0.1) is 5.92 Å². The van der Waals surface area contributed by atoms with Crippen LogP contribution in [0.4, 0.5) is 11.4 Å². The van der Waals surface area contributed by atoms with Crippen LogP contribution < -0.4 is 15.4 Å². The van der Waals surface area contributed by atoms with E-state index in [1.54, 1.807) is 62.5 Å². The van der Waals surface area contributed by atoms with E-state index < -0.39 is 71.3 Å². The van der Waals surface area contributed by atoms with Crippen molar-refractivity contribution in [1.29, 1.82) is 0 Å². The van der Waals surface area contributed by atoms with Gasteiger partial charge in [-0.05, 0) is 69.2 Å². The number of amides is 2. The zero-order chi connectivity index (χ0) is 39.7. The molecule has 0 spiro atoms. The molecule has 3 aliphatic rings. The minimum atomic E-state index is -1.59. The number of anilines is 2. The Morgan fingerprint density at radius 1 is 1.17 bits per heavy atom. The van der Waals surface area contributed by atoms with Crippen molar-refractivity contribution in [2.75, 3.05) is 38.9 Å². The van der Waals surface area contributed by atoms with Crippen molar-refractivity contribution in [3.63, 3.8) is 0 Å². The highest BCUT2D eigenvalue weighted by molar-refractivity contribution is 6.35. The lowest BCUT2D eigenvalue weighted by Crippen LogP contribution is -2.53. The van der Waals surface area contributed by atoms with E-state index in [0.29, 0.717) is 29.1 Å². The number of nitrogens with two attached hydrogens (primary N) is 1. The molecule has 292 valence electrons. The molecule has 0 aliphatic carbocycles. The van der Waals surface area contributed by atoms with Crippen LogP contribution >= 0.6 is 11.6 Å². The molecule has 14 heteroatoms. The summed E-state index contributed by atoms with van der Waals surface area (Å²) in [7, 11) is 6.01. The Morgan fingerprint density at radius 2 is 1.85 bits per heavy atom. The number of fused-ring (bicyclic) bond motifs is 5. The number of aliphatic hydroxyl groups is 1. The van der Waals surface area contributed by atoms with Crippen LogP contribution in [-0.4, -0.2) is 104 Å². The lowest BCUT2D eigenvalue weighted by molar-refractivity contribution is -0.187. The fourth-order valence-corrected chi connectivity index (χ4v) is 7.57. The van der Waals surface area contributed by atoms with Crippen LogP contribution in [-0.2, 0) is 39.8 Å². The molecule has 0 radical (unpaired) electrons. The monoisotopic (exact) mass is 767 g/mol. The van der Waals surface area contributed by atoms with Crippen LogP contribution in [0.25, 0.3) is 0 Å². The molecule has 4 bridgehead atoms. The lowest BCUT2D eigenvalue weighted by atomic mass is 9.78. The number of carbonyl (C=O) groups excluding carboxylic acids is 4. The van der Waals surface area contributed by atoms with Crippen LogP contribution in [0.1, 0.15) is 62.9 Å². The molecule has 5 rings (SSSR count). The van der Waals surface area contributed by atoms with Crippen LogP contribution in [0.2, 0.25) is 5.02 Å². The molecule has 0 unspecified atom stereocenters. The van der Waals surface area contributed by atoms with Crippen molar-refractivity contribution in [2.24, 2.45) is 5.92 Å². The first-order valence-corrected chi connectivity index (χ1v) is 18.2. The smallest absolute Gasteiger partial charge is 0.328 e. The summed E-state index contributed by atoms with van der Waals surface area (Å²) in [5, 5.41) is 12.1. The molecular formula is C40H50ClN3O10. The Balaban J connectivity index is 1.52. The molecule has 3 heterocycles. The third-order valence-corrected chi connectivity index (χ3v) is 11.2. The van der Waals surface area contributed by atoms with E-state index in [4.69, 9.17) is 41.0 Å². The van der Waals surface area contributed by atoms with Crippen LogP contribution in [0.3, 0.4) is 0 Å². The third kappa shape index (κ3) is 8.44. The standard InChI is InChI=1S/C40H50ClN3O10/c1-22-10-9-11-31(51-8)40(49)20-30(52-34(46)21-40)23(2)36-39(4,54-36)32(19-33(45)44(6)28-17-25(16-22)18-29(50-7)35(28)41)53-38(48)24(3)43(5)37(47)26-12-14-27(42)15-13-26/h9-15,17-18,23-24,30-32,36,49H,16,19-21,42H2,1-8H3/b11-9+,22-10+/t23-,24+,30+,31-,32+,36+,39+,40-/m1/s1. The summed E-state index contributed by atoms with van der Waals surface area (Å²) in [6.07, 6.45) is 1.84. The number of rotatable bonds is 6. The predicted octanol–water partition coefficient (Wildman–Crippen LogP) is 4.66. The van der Waals surface area contributed by atoms with E-state index >= 15 is 0 Å². The first-order chi connectivity index (χ1) is 25.4. The van der Waals surface area contributed by atoms with Crippen molar-refractivity contribution in [3.8, 4) is 5.75 Å². The molecular weight excluding hydrogens is 718 g/mol. The number of epoxide rings is 1. The summed E-state index contributed by atoms with van der Waals surface area (Å²) >= 11 is 6.77. The second-order valence-corrected chi connectivity index (χ2v) is 15.1. The normalized spacial score (nSPS) is 30.9. The van der Waals surface area contributed by atoms with Gasteiger partial charge in [-0.2, -0.15) is 0 Å². The molecule has 0 saturated carbocycles. The van der Waals surface area contributed by atoms with Crippen molar-refractivity contribution in [2.45, 2.75) is 95.0 Å². The summed E-state index contributed by atoms with van der Waals surface area (Å²) in [5.74, 6) is -2.36. The molecule has 13 nitrogen and oxygen atoms in total. The van der Waals surface area contributed by atoms with Crippen molar-refractivity contribution in [3.05, 3.63) is 76.3 Å². The third-order valence-electron chi connectivity index (χ3n) is 10.9. The van der Waals surface area contributed by atoms with Crippen molar-refractivity contribution < 1.29 is 48.0 Å². The molecule has 54 heavy (non-hydrogen) atoms. The highest BCUT2D eigenvalue weighted by atomic mass is 35.5. The lowest BCUT2D eigenvalue weighted by Gasteiger charge is -2.41. The molecule has 2 fully saturated rings. The fourth-order valence-electron chi connectivity index (χ4n) is 7.26. The Kier molecular flexibility index (Phi) is 12.2. The average Bonchev–Trinajstić information content (AvgIpc) is 3.83. The zero-order valence-electron chi connectivity index (χ0n) is 32.0. The Labute approximate surface area is 320 Å². The van der Waals surface area contributed by atoms with Gasteiger partial charge in [0.2, 0.25) is 5.91 Å². The molecule has 2 amide bonds. The second kappa shape index (κ2) is 16.1. The number of esters is 2. The summed E-state index contributed by atoms with van der Waals surface area (Å²) in [6.45, 7) is 7.00. The molecule has 8 atom stereocenters. The predicted molar refractivity (Wildman–Crippen MR) is 202 cm³/mol. The van der Waals surface area contributed by atoms with E-state index in [1.807, 2.05) is 19.9 Å². The van der Waals surface area contributed by atoms with Gasteiger partial charge in [-0.15, -0.1) is 0 Å². The van der Waals surface area contributed by atoms with Gasteiger partial charge in [0.25, 0.3) is 5.91 Å². The Hall–Kier alpha value is -4.43. The van der Waals surface area contributed by atoms with Crippen molar-refractivity contribution in [1.82, 2.24) is 4.90 Å². The molecule has 0 aromatic heterocycles. The number of carbonyl (C=O) groups is 4. The first-order valence-electron chi connectivity index (χ1n) is 17.8. The van der Waals surface area contributed by atoms with Gasteiger partial charge in [0.05, 0.1) is 31.7 Å². The van der Waals surface area contributed by atoms with Gasteiger partial charge in [0, 0.05) is 44.8 Å². The van der Waals surface area contributed by atoms with Gasteiger partial charge >= 0.3 is 11.9 Å². The van der Waals surface area contributed by atoms with Gasteiger partial charge < -0.3 is 44.3 Å². The number of nitrogen functional groups attached to an aromatic ring is 1. The second-order valence-electron chi connectivity index (χ2n) is 14.8. The van der Waals surface area contributed by atoms with Gasteiger partial charge in [-0.25, -0.2) is 4.79 Å². The quantitative estimate of drug-likeness (QED) is 0.238. The highest BCUT2D eigenvalue weighted by Gasteiger charge is 2.64. The Morgan fingerprint density at radius 3 is 2.50 bits per heavy atom. The van der Waals surface area contributed by atoms with Crippen LogP contribution in [0.15, 0.2) is 60.2 Å². The van der Waals surface area contributed by atoms with E-state index in [1.165, 1.54) is 38.0 Å². The van der Waals surface area contributed by atoms with Gasteiger partial charge in [0.1, 0.15) is 46.3 Å². The molecule has 2 aromatic carbocycles. The number of methoxy groups -OCH3 is 2. The minimum Gasteiger partial charge on any atom is -0.495 e. The Bertz CT molecular complexity index is 1830. The maximum absolute atomic E-state index is 14.2. The summed E-state index contributed by atoms with van der Waals surface area (Å²) < 4.78 is 29.4.